The summed E-state index contributed by atoms with van der Waals surface area (Å²) in [6.45, 7) is 2.94. The second-order valence-corrected chi connectivity index (χ2v) is 6.00. The summed E-state index contributed by atoms with van der Waals surface area (Å²) in [5, 5.41) is 13.7. The number of rotatable bonds is 4. The molecule has 1 fully saturated rings. The van der Waals surface area contributed by atoms with Crippen LogP contribution in [0.2, 0.25) is 0 Å². The fourth-order valence-corrected chi connectivity index (χ4v) is 3.32. The number of H-pyrrole nitrogens is 1. The van der Waals surface area contributed by atoms with Crippen LogP contribution in [0.5, 0.6) is 0 Å². The Kier molecular flexibility index (Phi) is 3.97. The van der Waals surface area contributed by atoms with E-state index in [0.717, 1.165) is 36.0 Å². The molecular weight excluding hydrogens is 264 g/mol. The minimum Gasteiger partial charge on any atom is -0.478 e. The lowest BCUT2D eigenvalue weighted by Crippen LogP contribution is -2.34. The molecule has 3 rings (SSSR count). The van der Waals surface area contributed by atoms with Crippen LogP contribution < -0.4 is 5.32 Å². The number of hydrogen-bond donors (Lipinski definition) is 3. The van der Waals surface area contributed by atoms with E-state index in [0.29, 0.717) is 11.6 Å². The fraction of sp³-hybridized carbons (Fsp3) is 0.471. The number of fused-ring (bicyclic) bond motifs is 1. The molecule has 0 saturated carbocycles. The van der Waals surface area contributed by atoms with Gasteiger partial charge in [0.15, 0.2) is 0 Å². The first-order valence-corrected chi connectivity index (χ1v) is 7.73. The number of benzene rings is 1. The lowest BCUT2D eigenvalue weighted by atomic mass is 9.97. The molecule has 1 atom stereocenters. The fourth-order valence-electron chi connectivity index (χ4n) is 3.32. The highest BCUT2D eigenvalue weighted by Gasteiger charge is 2.16. The quantitative estimate of drug-likeness (QED) is 0.808. The Bertz CT molecular complexity index is 654. The van der Waals surface area contributed by atoms with Crippen LogP contribution in [0.25, 0.3) is 10.9 Å². The highest BCUT2D eigenvalue weighted by molar-refractivity contribution is 6.04. The second-order valence-electron chi connectivity index (χ2n) is 6.00. The van der Waals surface area contributed by atoms with Crippen molar-refractivity contribution in [1.82, 2.24) is 10.3 Å². The standard InChI is InChI=1S/C17H22N2O2/c1-11-16(17(20)21)14-10-12(6-8-15(14)19-11)5-7-13-4-2-3-9-18-13/h6,8,10,13,18-19H,2-5,7,9H2,1H3,(H,20,21). The summed E-state index contributed by atoms with van der Waals surface area (Å²) in [6, 6.07) is 6.75. The van der Waals surface area contributed by atoms with E-state index in [-0.39, 0.29) is 0 Å². The molecule has 2 heterocycles. The van der Waals surface area contributed by atoms with Crippen molar-refractivity contribution in [2.45, 2.75) is 45.1 Å². The number of piperidine rings is 1. The molecule has 0 radical (unpaired) electrons. The van der Waals surface area contributed by atoms with Crippen molar-refractivity contribution >= 4 is 16.9 Å². The molecule has 1 unspecified atom stereocenters. The van der Waals surface area contributed by atoms with E-state index in [9.17, 15) is 9.90 Å². The highest BCUT2D eigenvalue weighted by Crippen LogP contribution is 2.24. The molecule has 3 N–H and O–H groups in total. The monoisotopic (exact) mass is 286 g/mol. The van der Waals surface area contributed by atoms with Crippen LogP contribution in [-0.2, 0) is 6.42 Å². The van der Waals surface area contributed by atoms with Crippen LogP contribution in [0.3, 0.4) is 0 Å². The molecule has 0 aliphatic carbocycles. The summed E-state index contributed by atoms with van der Waals surface area (Å²) in [5.41, 5.74) is 3.26. The normalized spacial score (nSPS) is 19.0. The molecule has 1 saturated heterocycles. The summed E-state index contributed by atoms with van der Waals surface area (Å²) in [4.78, 5) is 14.5. The molecule has 1 aromatic heterocycles. The molecule has 21 heavy (non-hydrogen) atoms. The third-order valence-corrected chi connectivity index (χ3v) is 4.46. The average Bonchev–Trinajstić information content (AvgIpc) is 2.81. The molecule has 2 aromatic rings. The van der Waals surface area contributed by atoms with Gasteiger partial charge in [-0.25, -0.2) is 4.79 Å². The molecule has 4 nitrogen and oxygen atoms in total. The topological polar surface area (TPSA) is 65.1 Å². The van der Waals surface area contributed by atoms with Gasteiger partial charge in [0.25, 0.3) is 0 Å². The maximum atomic E-state index is 11.4. The molecule has 1 aliphatic heterocycles. The zero-order valence-electron chi connectivity index (χ0n) is 12.4. The van der Waals surface area contributed by atoms with E-state index in [1.165, 1.54) is 24.8 Å². The maximum absolute atomic E-state index is 11.4. The third-order valence-electron chi connectivity index (χ3n) is 4.46. The number of carbonyl (C=O) groups is 1. The molecule has 1 aliphatic rings. The number of aromatic nitrogens is 1. The number of aromatic amines is 1. The number of nitrogens with one attached hydrogen (secondary N) is 2. The predicted molar refractivity (Wildman–Crippen MR) is 84.0 cm³/mol. The summed E-state index contributed by atoms with van der Waals surface area (Å²) in [7, 11) is 0. The zero-order chi connectivity index (χ0) is 14.8. The van der Waals surface area contributed by atoms with Crippen molar-refractivity contribution in [3.63, 3.8) is 0 Å². The lowest BCUT2D eigenvalue weighted by molar-refractivity contribution is 0.0698. The van der Waals surface area contributed by atoms with E-state index < -0.39 is 5.97 Å². The first-order valence-electron chi connectivity index (χ1n) is 7.73. The van der Waals surface area contributed by atoms with Crippen molar-refractivity contribution in [3.8, 4) is 0 Å². The Morgan fingerprint density at radius 2 is 2.24 bits per heavy atom. The van der Waals surface area contributed by atoms with Crippen LogP contribution in [0, 0.1) is 6.92 Å². The summed E-state index contributed by atoms with van der Waals surface area (Å²) in [5.74, 6) is -0.857. The van der Waals surface area contributed by atoms with E-state index in [4.69, 9.17) is 0 Å². The SMILES string of the molecule is Cc1[nH]c2ccc(CCC3CCCCN3)cc2c1C(=O)O. The Labute approximate surface area is 124 Å². The van der Waals surface area contributed by atoms with Gasteiger partial charge in [0, 0.05) is 22.6 Å². The number of carboxylic acid groups (broad SMARTS) is 1. The molecule has 0 spiro atoms. The lowest BCUT2D eigenvalue weighted by Gasteiger charge is -2.23. The second kappa shape index (κ2) is 5.90. The first-order chi connectivity index (χ1) is 10.1. The van der Waals surface area contributed by atoms with Crippen LogP contribution in [0.1, 0.15) is 47.3 Å². The van der Waals surface area contributed by atoms with Gasteiger partial charge in [-0.1, -0.05) is 12.5 Å². The van der Waals surface area contributed by atoms with E-state index in [1.807, 2.05) is 19.1 Å². The van der Waals surface area contributed by atoms with Gasteiger partial charge in [-0.3, -0.25) is 0 Å². The van der Waals surface area contributed by atoms with Crippen molar-refractivity contribution < 1.29 is 9.90 Å². The Morgan fingerprint density at radius 1 is 1.38 bits per heavy atom. The minimum atomic E-state index is -0.857. The van der Waals surface area contributed by atoms with Crippen molar-refractivity contribution in [3.05, 3.63) is 35.0 Å². The Morgan fingerprint density at radius 3 is 2.95 bits per heavy atom. The molecule has 0 amide bonds. The summed E-state index contributed by atoms with van der Waals surface area (Å²) < 4.78 is 0. The molecule has 0 bridgehead atoms. The largest absolute Gasteiger partial charge is 0.478 e. The van der Waals surface area contributed by atoms with E-state index in [2.05, 4.69) is 16.4 Å². The van der Waals surface area contributed by atoms with Crippen molar-refractivity contribution in [2.24, 2.45) is 0 Å². The summed E-state index contributed by atoms with van der Waals surface area (Å²) in [6.07, 6.45) is 5.98. The van der Waals surface area contributed by atoms with Crippen LogP contribution >= 0.6 is 0 Å². The van der Waals surface area contributed by atoms with Crippen LogP contribution in [0.15, 0.2) is 18.2 Å². The third kappa shape index (κ3) is 2.95. The number of hydrogen-bond acceptors (Lipinski definition) is 2. The van der Waals surface area contributed by atoms with Crippen LogP contribution in [0.4, 0.5) is 0 Å². The molecular formula is C17H22N2O2. The van der Waals surface area contributed by atoms with Gasteiger partial charge in [0.2, 0.25) is 0 Å². The van der Waals surface area contributed by atoms with Gasteiger partial charge in [0.1, 0.15) is 0 Å². The number of carboxylic acids is 1. The summed E-state index contributed by atoms with van der Waals surface area (Å²) >= 11 is 0. The van der Waals surface area contributed by atoms with Gasteiger partial charge in [-0.05, 0) is 56.8 Å². The van der Waals surface area contributed by atoms with Gasteiger partial charge >= 0.3 is 5.97 Å². The predicted octanol–water partition coefficient (Wildman–Crippen LogP) is 3.25. The van der Waals surface area contributed by atoms with E-state index >= 15 is 0 Å². The molecule has 112 valence electrons. The van der Waals surface area contributed by atoms with Gasteiger partial charge < -0.3 is 15.4 Å². The highest BCUT2D eigenvalue weighted by atomic mass is 16.4. The molecule has 4 heteroatoms. The first kappa shape index (κ1) is 14.1. The van der Waals surface area contributed by atoms with Gasteiger partial charge in [-0.2, -0.15) is 0 Å². The minimum absolute atomic E-state index is 0.405. The average molecular weight is 286 g/mol. The van der Waals surface area contributed by atoms with Crippen molar-refractivity contribution in [2.75, 3.05) is 6.54 Å². The van der Waals surface area contributed by atoms with Gasteiger partial charge in [-0.15, -0.1) is 0 Å². The molecule has 1 aromatic carbocycles. The Balaban J connectivity index is 1.79. The van der Waals surface area contributed by atoms with E-state index in [1.54, 1.807) is 0 Å². The van der Waals surface area contributed by atoms with Crippen LogP contribution in [-0.4, -0.2) is 28.6 Å². The van der Waals surface area contributed by atoms with Crippen molar-refractivity contribution in [1.29, 1.82) is 0 Å². The Hall–Kier alpha value is -1.81. The maximum Gasteiger partial charge on any atom is 0.338 e. The smallest absolute Gasteiger partial charge is 0.338 e. The number of aryl methyl sites for hydroxylation is 2. The van der Waals surface area contributed by atoms with Gasteiger partial charge in [0.05, 0.1) is 5.56 Å². The number of aromatic carboxylic acids is 1. The zero-order valence-corrected chi connectivity index (χ0v) is 12.4.